The van der Waals surface area contributed by atoms with E-state index in [1.165, 1.54) is 6.92 Å². The third-order valence-electron chi connectivity index (χ3n) is 5.43. The number of hydrogen-bond donors (Lipinski definition) is 4. The number of carbonyl (C=O) groups excluding carboxylic acids is 3. The topological polar surface area (TPSA) is 99.3 Å². The number of carbonyl (C=O) groups is 3. The van der Waals surface area contributed by atoms with Crippen molar-refractivity contribution >= 4 is 29.1 Å². The molecule has 0 aliphatic carbocycles. The second-order valence-corrected chi connectivity index (χ2v) is 7.69. The lowest BCUT2D eigenvalue weighted by atomic mass is 9.76. The molecule has 1 fully saturated rings. The minimum Gasteiger partial charge on any atom is -0.326 e. The van der Waals surface area contributed by atoms with Crippen molar-refractivity contribution in [1.82, 2.24) is 10.9 Å². The van der Waals surface area contributed by atoms with Crippen molar-refractivity contribution in [2.75, 3.05) is 10.6 Å². The molecule has 3 unspecified atom stereocenters. The maximum Gasteiger partial charge on any atom is 0.247 e. The van der Waals surface area contributed by atoms with Gasteiger partial charge in [0.15, 0.2) is 0 Å². The molecule has 0 bridgehead atoms. The standard InChI is InChI=1S/C25H24N4O3/c1-16(30)26-19-13-8-14-20(15-19)27-24(31)22-21(17-9-4-2-5-10-17)23(28-29-25(22)32)18-11-6-3-7-12-18/h2-15,21-23,28H,1H3,(H,26,30)(H,27,31)(H,29,32). The van der Waals surface area contributed by atoms with Crippen LogP contribution in [-0.4, -0.2) is 17.7 Å². The lowest BCUT2D eigenvalue weighted by Gasteiger charge is -2.38. The maximum atomic E-state index is 13.4. The molecule has 0 saturated carbocycles. The highest BCUT2D eigenvalue weighted by atomic mass is 16.2. The fraction of sp³-hybridized carbons (Fsp3) is 0.160. The van der Waals surface area contributed by atoms with E-state index >= 15 is 0 Å². The van der Waals surface area contributed by atoms with Crippen molar-refractivity contribution in [1.29, 1.82) is 0 Å². The van der Waals surface area contributed by atoms with Crippen molar-refractivity contribution in [3.8, 4) is 0 Å². The van der Waals surface area contributed by atoms with Crippen LogP contribution in [0.4, 0.5) is 11.4 Å². The van der Waals surface area contributed by atoms with Crippen LogP contribution < -0.4 is 21.5 Å². The van der Waals surface area contributed by atoms with Gasteiger partial charge in [0.2, 0.25) is 17.7 Å². The number of anilines is 2. The van der Waals surface area contributed by atoms with E-state index in [1.54, 1.807) is 24.3 Å². The first kappa shape index (κ1) is 21.3. The van der Waals surface area contributed by atoms with Gasteiger partial charge < -0.3 is 10.6 Å². The molecule has 3 aromatic carbocycles. The van der Waals surface area contributed by atoms with Crippen molar-refractivity contribution in [2.45, 2.75) is 18.9 Å². The number of nitrogens with one attached hydrogen (secondary N) is 4. The van der Waals surface area contributed by atoms with E-state index in [1.807, 2.05) is 60.7 Å². The van der Waals surface area contributed by atoms with Gasteiger partial charge in [-0.05, 0) is 29.3 Å². The highest BCUT2D eigenvalue weighted by Crippen LogP contribution is 2.39. The Labute approximate surface area is 186 Å². The molecule has 3 atom stereocenters. The van der Waals surface area contributed by atoms with Gasteiger partial charge >= 0.3 is 0 Å². The molecule has 162 valence electrons. The molecule has 7 nitrogen and oxygen atoms in total. The van der Waals surface area contributed by atoms with Crippen LogP contribution in [0.25, 0.3) is 0 Å². The van der Waals surface area contributed by atoms with Crippen LogP contribution in [0.15, 0.2) is 84.9 Å². The summed E-state index contributed by atoms with van der Waals surface area (Å²) in [6.45, 7) is 1.42. The second-order valence-electron chi connectivity index (χ2n) is 7.69. The molecule has 3 amide bonds. The predicted octanol–water partition coefficient (Wildman–Crippen LogP) is 3.36. The third-order valence-corrected chi connectivity index (χ3v) is 5.43. The molecular weight excluding hydrogens is 404 g/mol. The Hall–Kier alpha value is -3.97. The maximum absolute atomic E-state index is 13.4. The van der Waals surface area contributed by atoms with E-state index in [9.17, 15) is 14.4 Å². The van der Waals surface area contributed by atoms with E-state index in [0.717, 1.165) is 11.1 Å². The normalized spacial score (nSPS) is 20.2. The van der Waals surface area contributed by atoms with Gasteiger partial charge in [-0.15, -0.1) is 0 Å². The van der Waals surface area contributed by atoms with Crippen LogP contribution >= 0.6 is 0 Å². The Morgan fingerprint density at radius 2 is 1.38 bits per heavy atom. The second kappa shape index (κ2) is 9.45. The van der Waals surface area contributed by atoms with Gasteiger partial charge in [0.1, 0.15) is 5.92 Å². The number of amides is 3. The molecule has 0 spiro atoms. The van der Waals surface area contributed by atoms with Crippen molar-refractivity contribution in [2.24, 2.45) is 5.92 Å². The SMILES string of the molecule is CC(=O)Nc1cccc(NC(=O)C2C(=O)NNC(c3ccccc3)C2c2ccccc2)c1. The number of benzene rings is 3. The van der Waals surface area contributed by atoms with Crippen LogP contribution in [0.1, 0.15) is 30.0 Å². The van der Waals surface area contributed by atoms with Gasteiger partial charge in [-0.25, -0.2) is 5.43 Å². The molecule has 1 aliphatic heterocycles. The first-order valence-electron chi connectivity index (χ1n) is 10.4. The minimum atomic E-state index is -0.965. The summed E-state index contributed by atoms with van der Waals surface area (Å²) in [4.78, 5) is 37.6. The minimum absolute atomic E-state index is 0.207. The molecule has 0 radical (unpaired) electrons. The number of rotatable bonds is 5. The van der Waals surface area contributed by atoms with E-state index in [4.69, 9.17) is 0 Å². The zero-order valence-corrected chi connectivity index (χ0v) is 17.5. The van der Waals surface area contributed by atoms with Gasteiger partial charge in [-0.3, -0.25) is 19.8 Å². The highest BCUT2D eigenvalue weighted by Gasteiger charge is 2.44. The summed E-state index contributed by atoms with van der Waals surface area (Å²) in [7, 11) is 0. The smallest absolute Gasteiger partial charge is 0.247 e. The molecule has 32 heavy (non-hydrogen) atoms. The molecule has 4 rings (SSSR count). The summed E-state index contributed by atoms with van der Waals surface area (Å²) in [6.07, 6.45) is 0. The zero-order valence-electron chi connectivity index (χ0n) is 17.5. The number of hydrazine groups is 1. The highest BCUT2D eigenvalue weighted by molar-refractivity contribution is 6.08. The Bertz CT molecular complexity index is 1120. The first-order valence-corrected chi connectivity index (χ1v) is 10.4. The van der Waals surface area contributed by atoms with Gasteiger partial charge in [0.25, 0.3) is 0 Å². The molecule has 1 heterocycles. The predicted molar refractivity (Wildman–Crippen MR) is 123 cm³/mol. The Morgan fingerprint density at radius 1 is 0.781 bits per heavy atom. The largest absolute Gasteiger partial charge is 0.326 e. The van der Waals surface area contributed by atoms with E-state index in [2.05, 4.69) is 21.5 Å². The van der Waals surface area contributed by atoms with Crippen LogP contribution in [0.5, 0.6) is 0 Å². The van der Waals surface area contributed by atoms with Crippen molar-refractivity contribution < 1.29 is 14.4 Å². The first-order chi connectivity index (χ1) is 15.5. The summed E-state index contributed by atoms with van der Waals surface area (Å²) in [5, 5.41) is 5.54. The van der Waals surface area contributed by atoms with Crippen LogP contribution in [0.2, 0.25) is 0 Å². The van der Waals surface area contributed by atoms with Crippen molar-refractivity contribution in [3.63, 3.8) is 0 Å². The number of hydrogen-bond acceptors (Lipinski definition) is 4. The average molecular weight is 428 g/mol. The zero-order chi connectivity index (χ0) is 22.5. The lowest BCUT2D eigenvalue weighted by Crippen LogP contribution is -2.56. The summed E-state index contributed by atoms with van der Waals surface area (Å²) >= 11 is 0. The fourth-order valence-electron chi connectivity index (χ4n) is 4.06. The van der Waals surface area contributed by atoms with Crippen LogP contribution in [0.3, 0.4) is 0 Å². The van der Waals surface area contributed by atoms with Crippen molar-refractivity contribution in [3.05, 3.63) is 96.1 Å². The van der Waals surface area contributed by atoms with Gasteiger partial charge in [-0.2, -0.15) is 0 Å². The summed E-state index contributed by atoms with van der Waals surface area (Å²) in [5.74, 6) is -2.42. The quantitative estimate of drug-likeness (QED) is 0.468. The molecule has 1 aliphatic rings. The van der Waals surface area contributed by atoms with Gasteiger partial charge in [0, 0.05) is 24.2 Å². The molecule has 3 aromatic rings. The summed E-state index contributed by atoms with van der Waals surface area (Å²) in [5.41, 5.74) is 8.67. The molecule has 4 N–H and O–H groups in total. The monoisotopic (exact) mass is 428 g/mol. The fourth-order valence-corrected chi connectivity index (χ4v) is 4.06. The molecule has 1 saturated heterocycles. The third kappa shape index (κ3) is 4.68. The summed E-state index contributed by atoms with van der Waals surface area (Å²) in [6, 6.07) is 25.8. The Morgan fingerprint density at radius 3 is 2.00 bits per heavy atom. The average Bonchev–Trinajstić information content (AvgIpc) is 2.79. The van der Waals surface area contributed by atoms with Crippen LogP contribution in [-0.2, 0) is 14.4 Å². The molecule has 0 aromatic heterocycles. The van der Waals surface area contributed by atoms with Gasteiger partial charge in [-0.1, -0.05) is 66.7 Å². The van der Waals surface area contributed by atoms with E-state index in [-0.39, 0.29) is 11.9 Å². The van der Waals surface area contributed by atoms with E-state index < -0.39 is 23.7 Å². The Kier molecular flexibility index (Phi) is 6.28. The Balaban J connectivity index is 1.67. The molecular formula is C25H24N4O3. The molecule has 7 heteroatoms. The summed E-state index contributed by atoms with van der Waals surface area (Å²) < 4.78 is 0. The van der Waals surface area contributed by atoms with E-state index in [0.29, 0.717) is 11.4 Å². The lowest BCUT2D eigenvalue weighted by molar-refractivity contribution is -0.137. The van der Waals surface area contributed by atoms with Crippen LogP contribution in [0, 0.1) is 5.92 Å². The van der Waals surface area contributed by atoms with Gasteiger partial charge in [0.05, 0.1) is 6.04 Å².